The number of methoxy groups -OCH3 is 1. The monoisotopic (exact) mass is 399 g/mol. The van der Waals surface area contributed by atoms with Crippen LogP contribution in [0.15, 0.2) is 59.8 Å². The van der Waals surface area contributed by atoms with E-state index in [1.807, 2.05) is 37.5 Å². The maximum absolute atomic E-state index is 12.4. The van der Waals surface area contributed by atoms with Crippen molar-refractivity contribution in [3.05, 3.63) is 76.7 Å². The van der Waals surface area contributed by atoms with E-state index in [1.165, 1.54) is 0 Å². The molecular weight excluding hydrogens is 378 g/mol. The number of rotatable bonds is 4. The van der Waals surface area contributed by atoms with Crippen molar-refractivity contribution < 1.29 is 4.74 Å². The minimum atomic E-state index is -0.0480. The molecule has 0 aliphatic heterocycles. The Labute approximate surface area is 172 Å². The summed E-state index contributed by atoms with van der Waals surface area (Å²) in [5, 5.41) is 0.886. The van der Waals surface area contributed by atoms with Crippen molar-refractivity contribution in [3.8, 4) is 16.9 Å². The van der Waals surface area contributed by atoms with E-state index in [9.17, 15) is 4.79 Å². The number of hydrogen-bond acceptors (Lipinski definition) is 4. The van der Waals surface area contributed by atoms with Crippen LogP contribution >= 0.6 is 0 Å². The number of aromatic nitrogens is 5. The van der Waals surface area contributed by atoms with Crippen molar-refractivity contribution in [2.75, 3.05) is 7.11 Å². The molecule has 0 amide bonds. The third-order valence-electron chi connectivity index (χ3n) is 5.50. The zero-order valence-corrected chi connectivity index (χ0v) is 17.0. The summed E-state index contributed by atoms with van der Waals surface area (Å²) in [6.45, 7) is 2.67. The van der Waals surface area contributed by atoms with Gasteiger partial charge in [0.2, 0.25) is 0 Å². The molecule has 7 heteroatoms. The Morgan fingerprint density at radius 2 is 1.97 bits per heavy atom. The number of fused-ring (bicyclic) bond motifs is 2. The molecule has 0 radical (unpaired) electrons. The van der Waals surface area contributed by atoms with Crippen LogP contribution in [0.1, 0.15) is 11.4 Å². The first kappa shape index (κ1) is 18.2. The van der Waals surface area contributed by atoms with Gasteiger partial charge in [-0.3, -0.25) is 4.79 Å². The average Bonchev–Trinajstić information content (AvgIpc) is 3.36. The number of ether oxygens (including phenoxy) is 1. The first-order chi connectivity index (χ1) is 14.5. The lowest BCUT2D eigenvalue weighted by molar-refractivity contribution is 0.414. The maximum atomic E-state index is 12.4. The lowest BCUT2D eigenvalue weighted by atomic mass is 10.1. The zero-order chi connectivity index (χ0) is 20.8. The van der Waals surface area contributed by atoms with Gasteiger partial charge in [0.25, 0.3) is 5.56 Å². The number of pyridine rings is 2. The Morgan fingerprint density at radius 1 is 1.17 bits per heavy atom. The molecule has 5 aromatic rings. The predicted octanol–water partition coefficient (Wildman–Crippen LogP) is 3.64. The molecule has 0 fully saturated rings. The van der Waals surface area contributed by atoms with Gasteiger partial charge in [-0.25, -0.2) is 9.97 Å². The van der Waals surface area contributed by atoms with Crippen LogP contribution in [0.25, 0.3) is 33.2 Å². The van der Waals surface area contributed by atoms with Crippen molar-refractivity contribution >= 4 is 22.1 Å². The number of benzene rings is 1. The first-order valence-corrected chi connectivity index (χ1v) is 9.68. The van der Waals surface area contributed by atoms with Gasteiger partial charge in [-0.05, 0) is 36.8 Å². The molecule has 0 aliphatic rings. The molecule has 7 nitrogen and oxygen atoms in total. The summed E-state index contributed by atoms with van der Waals surface area (Å²) in [6.07, 6.45) is 5.47. The van der Waals surface area contributed by atoms with Gasteiger partial charge in [-0.1, -0.05) is 12.1 Å². The largest absolute Gasteiger partial charge is 0.497 e. The minimum Gasteiger partial charge on any atom is -0.497 e. The van der Waals surface area contributed by atoms with Gasteiger partial charge < -0.3 is 18.9 Å². The van der Waals surface area contributed by atoms with Gasteiger partial charge in [-0.15, -0.1) is 0 Å². The number of nitrogens with zero attached hydrogens (tertiary/aromatic N) is 4. The minimum absolute atomic E-state index is 0.0480. The Balaban J connectivity index is 1.64. The molecule has 0 saturated heterocycles. The highest BCUT2D eigenvalue weighted by Gasteiger charge is 2.14. The topological polar surface area (TPSA) is 77.7 Å². The van der Waals surface area contributed by atoms with Crippen molar-refractivity contribution in [2.45, 2.75) is 13.5 Å². The average molecular weight is 399 g/mol. The molecule has 0 unspecified atom stereocenters. The SMILES string of the molecule is COc1ccc(Cn2c(C)nc3ncc(-c4cn(C)c(=O)c5[nH]ccc45)cc32)cc1. The molecule has 0 saturated carbocycles. The number of aryl methyl sites for hydroxylation is 2. The van der Waals surface area contributed by atoms with E-state index in [0.717, 1.165) is 39.2 Å². The molecule has 30 heavy (non-hydrogen) atoms. The summed E-state index contributed by atoms with van der Waals surface area (Å²) < 4.78 is 9.01. The van der Waals surface area contributed by atoms with Gasteiger partial charge in [-0.2, -0.15) is 0 Å². The molecule has 0 aliphatic carbocycles. The number of hydrogen-bond donors (Lipinski definition) is 1. The summed E-state index contributed by atoms with van der Waals surface area (Å²) in [5.74, 6) is 1.73. The standard InChI is InChI=1S/C23H21N5O2/c1-14-26-22-20(28(14)12-15-4-6-17(30-3)7-5-15)10-16(11-25-22)19-13-27(2)23(29)21-18(19)8-9-24-21/h4-11,13,24H,12H2,1-3H3. The Morgan fingerprint density at radius 3 is 2.73 bits per heavy atom. The van der Waals surface area contributed by atoms with Crippen LogP contribution in [0.5, 0.6) is 5.75 Å². The van der Waals surface area contributed by atoms with Crippen molar-refractivity contribution in [3.63, 3.8) is 0 Å². The second-order valence-electron chi connectivity index (χ2n) is 7.39. The fourth-order valence-corrected chi connectivity index (χ4v) is 3.88. The van der Waals surface area contributed by atoms with E-state index in [0.29, 0.717) is 17.7 Å². The fraction of sp³-hybridized carbons (Fsp3) is 0.174. The quantitative estimate of drug-likeness (QED) is 0.500. The normalized spacial score (nSPS) is 11.4. The highest BCUT2D eigenvalue weighted by Crippen LogP contribution is 2.28. The summed E-state index contributed by atoms with van der Waals surface area (Å²) in [7, 11) is 3.42. The van der Waals surface area contributed by atoms with Gasteiger partial charge in [0.15, 0.2) is 5.65 Å². The lowest BCUT2D eigenvalue weighted by Crippen LogP contribution is -2.16. The van der Waals surface area contributed by atoms with Crippen molar-refractivity contribution in [1.82, 2.24) is 24.1 Å². The summed E-state index contributed by atoms with van der Waals surface area (Å²) in [6, 6.07) is 12.0. The summed E-state index contributed by atoms with van der Waals surface area (Å²) in [4.78, 5) is 24.7. The van der Waals surface area contributed by atoms with E-state index in [2.05, 4.69) is 37.7 Å². The molecule has 0 spiro atoms. The lowest BCUT2D eigenvalue weighted by Gasteiger charge is -2.10. The van der Waals surface area contributed by atoms with Crippen LogP contribution < -0.4 is 10.3 Å². The smallest absolute Gasteiger partial charge is 0.274 e. The fourth-order valence-electron chi connectivity index (χ4n) is 3.88. The molecule has 0 atom stereocenters. The van der Waals surface area contributed by atoms with Crippen LogP contribution in [0, 0.1) is 6.92 Å². The summed E-state index contributed by atoms with van der Waals surface area (Å²) in [5.41, 5.74) is 5.26. The molecule has 4 heterocycles. The first-order valence-electron chi connectivity index (χ1n) is 9.68. The molecule has 0 bridgehead atoms. The molecule has 5 rings (SSSR count). The van der Waals surface area contributed by atoms with Crippen LogP contribution in [-0.4, -0.2) is 31.2 Å². The van der Waals surface area contributed by atoms with Gasteiger partial charge in [0, 0.05) is 48.7 Å². The predicted molar refractivity (Wildman–Crippen MR) is 117 cm³/mol. The molecule has 4 aromatic heterocycles. The number of nitrogens with one attached hydrogen (secondary N) is 1. The van der Waals surface area contributed by atoms with Crippen molar-refractivity contribution in [1.29, 1.82) is 0 Å². The third kappa shape index (κ3) is 2.86. The Bertz CT molecular complexity index is 1440. The van der Waals surface area contributed by atoms with Gasteiger partial charge in [0.05, 0.1) is 12.6 Å². The van der Waals surface area contributed by atoms with Crippen LogP contribution in [0.3, 0.4) is 0 Å². The Hall–Kier alpha value is -3.87. The van der Waals surface area contributed by atoms with Crippen LogP contribution in [-0.2, 0) is 13.6 Å². The van der Waals surface area contributed by atoms with E-state index in [4.69, 9.17) is 4.74 Å². The highest BCUT2D eigenvalue weighted by atomic mass is 16.5. The second-order valence-corrected chi connectivity index (χ2v) is 7.39. The van der Waals surface area contributed by atoms with E-state index in [1.54, 1.807) is 24.9 Å². The summed E-state index contributed by atoms with van der Waals surface area (Å²) >= 11 is 0. The highest BCUT2D eigenvalue weighted by molar-refractivity contribution is 5.95. The van der Waals surface area contributed by atoms with Gasteiger partial charge >= 0.3 is 0 Å². The number of H-pyrrole nitrogens is 1. The maximum Gasteiger partial charge on any atom is 0.274 e. The molecular formula is C23H21N5O2. The third-order valence-corrected chi connectivity index (χ3v) is 5.50. The Kier molecular flexibility index (Phi) is 4.17. The van der Waals surface area contributed by atoms with E-state index >= 15 is 0 Å². The van der Waals surface area contributed by atoms with Crippen LogP contribution in [0.2, 0.25) is 0 Å². The number of imidazole rings is 1. The van der Waals surface area contributed by atoms with Crippen LogP contribution in [0.4, 0.5) is 0 Å². The zero-order valence-electron chi connectivity index (χ0n) is 17.0. The molecule has 1 N–H and O–H groups in total. The van der Waals surface area contributed by atoms with E-state index < -0.39 is 0 Å². The number of aromatic amines is 1. The second kappa shape index (κ2) is 6.88. The molecule has 150 valence electrons. The molecule has 1 aromatic carbocycles. The van der Waals surface area contributed by atoms with E-state index in [-0.39, 0.29) is 5.56 Å². The van der Waals surface area contributed by atoms with Gasteiger partial charge in [0.1, 0.15) is 17.1 Å². The van der Waals surface area contributed by atoms with Crippen molar-refractivity contribution in [2.24, 2.45) is 7.05 Å².